The van der Waals surface area contributed by atoms with Crippen LogP contribution in [0.25, 0.3) is 0 Å². The molecule has 102 valence electrons. The van der Waals surface area contributed by atoms with Crippen LogP contribution in [0, 0.1) is 0 Å². The Morgan fingerprint density at radius 2 is 2.28 bits per heavy atom. The monoisotopic (exact) mass is 283 g/mol. The van der Waals surface area contributed by atoms with Gasteiger partial charge in [0, 0.05) is 6.54 Å². The summed E-state index contributed by atoms with van der Waals surface area (Å²) in [7, 11) is 0. The van der Waals surface area contributed by atoms with Crippen LogP contribution in [0.1, 0.15) is 11.7 Å². The van der Waals surface area contributed by atoms with E-state index in [1.165, 1.54) is 11.3 Å². The van der Waals surface area contributed by atoms with Crippen LogP contribution in [-0.4, -0.2) is 36.9 Å². The predicted molar refractivity (Wildman–Crippen MR) is 59.2 cm³/mol. The number of alkyl halides is 3. The van der Waals surface area contributed by atoms with Gasteiger partial charge in [-0.2, -0.15) is 24.5 Å². The molecule has 1 heterocycles. The number of thiophene rings is 1. The molecule has 0 aliphatic carbocycles. The zero-order valence-corrected chi connectivity index (χ0v) is 10.1. The summed E-state index contributed by atoms with van der Waals surface area (Å²) in [5.41, 5.74) is 0.650. The first-order chi connectivity index (χ1) is 8.38. The highest BCUT2D eigenvalue weighted by Gasteiger charge is 2.27. The van der Waals surface area contributed by atoms with Crippen molar-refractivity contribution < 1.29 is 27.8 Å². The Labute approximate surface area is 105 Å². The summed E-state index contributed by atoms with van der Waals surface area (Å²) >= 11 is 1.40. The number of halogens is 3. The van der Waals surface area contributed by atoms with Crippen LogP contribution >= 0.6 is 11.3 Å². The van der Waals surface area contributed by atoms with Crippen molar-refractivity contribution in [3.05, 3.63) is 22.4 Å². The van der Waals surface area contributed by atoms with E-state index in [1.54, 1.807) is 16.8 Å². The van der Waals surface area contributed by atoms with Gasteiger partial charge in [-0.3, -0.25) is 4.79 Å². The number of ether oxygens (including phenoxy) is 1. The Balaban J connectivity index is 2.17. The van der Waals surface area contributed by atoms with E-state index in [-0.39, 0.29) is 6.54 Å². The fraction of sp³-hybridized carbons (Fsp3) is 0.500. The van der Waals surface area contributed by atoms with Crippen LogP contribution in [0.15, 0.2) is 16.8 Å². The lowest BCUT2D eigenvalue weighted by molar-refractivity contribution is -0.175. The van der Waals surface area contributed by atoms with E-state index in [4.69, 9.17) is 0 Å². The van der Waals surface area contributed by atoms with Crippen molar-refractivity contribution >= 4 is 17.2 Å². The normalized spacial score (nSPS) is 13.3. The number of amides is 1. The number of hydrogen-bond donors (Lipinski definition) is 2. The number of carbonyl (C=O) groups excluding carboxylic acids is 1. The van der Waals surface area contributed by atoms with Crippen LogP contribution in [0.2, 0.25) is 0 Å². The summed E-state index contributed by atoms with van der Waals surface area (Å²) in [6, 6.07) is 1.70. The van der Waals surface area contributed by atoms with E-state index < -0.39 is 31.4 Å². The highest BCUT2D eigenvalue weighted by Crippen LogP contribution is 2.15. The van der Waals surface area contributed by atoms with E-state index >= 15 is 0 Å². The van der Waals surface area contributed by atoms with Crippen molar-refractivity contribution in [3.63, 3.8) is 0 Å². The molecule has 18 heavy (non-hydrogen) atoms. The Hall–Kier alpha value is -1.12. The minimum Gasteiger partial charge on any atom is -0.387 e. The second-order valence-electron chi connectivity index (χ2n) is 3.48. The molecule has 0 saturated heterocycles. The van der Waals surface area contributed by atoms with Crippen molar-refractivity contribution in [2.75, 3.05) is 19.8 Å². The molecule has 1 aromatic heterocycles. The van der Waals surface area contributed by atoms with Gasteiger partial charge < -0.3 is 15.2 Å². The molecule has 0 spiro atoms. The summed E-state index contributed by atoms with van der Waals surface area (Å²) in [6.45, 7) is -2.21. The zero-order valence-electron chi connectivity index (χ0n) is 9.24. The van der Waals surface area contributed by atoms with Crippen molar-refractivity contribution in [2.45, 2.75) is 12.3 Å². The Morgan fingerprint density at radius 1 is 1.56 bits per heavy atom. The molecular formula is C10H12F3NO3S. The van der Waals surface area contributed by atoms with E-state index in [1.807, 2.05) is 0 Å². The van der Waals surface area contributed by atoms with Gasteiger partial charge in [-0.25, -0.2) is 0 Å². The van der Waals surface area contributed by atoms with Gasteiger partial charge in [0.05, 0.1) is 6.10 Å². The molecule has 0 aliphatic rings. The second kappa shape index (κ2) is 6.72. The number of rotatable bonds is 6. The smallest absolute Gasteiger partial charge is 0.387 e. The maximum Gasteiger partial charge on any atom is 0.411 e. The molecule has 2 N–H and O–H groups in total. The first kappa shape index (κ1) is 14.9. The van der Waals surface area contributed by atoms with E-state index in [9.17, 15) is 23.1 Å². The quantitative estimate of drug-likeness (QED) is 0.831. The lowest BCUT2D eigenvalue weighted by Crippen LogP contribution is -2.32. The Morgan fingerprint density at radius 3 is 2.83 bits per heavy atom. The first-order valence-electron chi connectivity index (χ1n) is 5.00. The molecule has 1 atom stereocenters. The highest BCUT2D eigenvalue weighted by atomic mass is 32.1. The van der Waals surface area contributed by atoms with Crippen LogP contribution in [0.3, 0.4) is 0 Å². The van der Waals surface area contributed by atoms with E-state index in [2.05, 4.69) is 10.1 Å². The molecule has 4 nitrogen and oxygen atoms in total. The molecular weight excluding hydrogens is 271 g/mol. The van der Waals surface area contributed by atoms with E-state index in [0.29, 0.717) is 5.56 Å². The van der Waals surface area contributed by atoms with Gasteiger partial charge in [-0.15, -0.1) is 0 Å². The summed E-state index contributed by atoms with van der Waals surface area (Å²) < 4.78 is 39.3. The number of aliphatic hydroxyl groups is 1. The molecule has 1 amide bonds. The summed E-state index contributed by atoms with van der Waals surface area (Å²) in [5.74, 6) is -0.700. The predicted octanol–water partition coefficient (Wildman–Crippen LogP) is 1.48. The van der Waals surface area contributed by atoms with Crippen molar-refractivity contribution in [1.82, 2.24) is 5.32 Å². The van der Waals surface area contributed by atoms with Crippen molar-refractivity contribution in [3.8, 4) is 0 Å². The standard InChI is InChI=1S/C10H12F3NO3S/c11-10(12,13)6-17-4-9(16)14-3-8(15)7-1-2-18-5-7/h1-2,5,8,15H,3-4,6H2,(H,14,16). The molecule has 0 saturated carbocycles. The van der Waals surface area contributed by atoms with Crippen LogP contribution in [0.5, 0.6) is 0 Å². The van der Waals surface area contributed by atoms with Gasteiger partial charge >= 0.3 is 6.18 Å². The van der Waals surface area contributed by atoms with Gasteiger partial charge in [0.25, 0.3) is 0 Å². The third kappa shape index (κ3) is 5.99. The lowest BCUT2D eigenvalue weighted by atomic mass is 10.2. The minimum atomic E-state index is -4.45. The van der Waals surface area contributed by atoms with Crippen LogP contribution in [-0.2, 0) is 9.53 Å². The maximum absolute atomic E-state index is 11.7. The van der Waals surface area contributed by atoms with Crippen LogP contribution < -0.4 is 5.32 Å². The number of nitrogens with one attached hydrogen (secondary N) is 1. The molecule has 8 heteroatoms. The fourth-order valence-electron chi connectivity index (χ4n) is 1.10. The third-order valence-electron chi connectivity index (χ3n) is 1.92. The average molecular weight is 283 g/mol. The Bertz CT molecular complexity index is 367. The molecule has 0 fully saturated rings. The number of carbonyl (C=O) groups is 1. The van der Waals surface area contributed by atoms with Gasteiger partial charge in [0.15, 0.2) is 0 Å². The lowest BCUT2D eigenvalue weighted by Gasteiger charge is -2.11. The summed E-state index contributed by atoms with van der Waals surface area (Å²) in [6.07, 6.45) is -5.32. The zero-order chi connectivity index (χ0) is 13.6. The number of aliphatic hydroxyl groups excluding tert-OH is 1. The summed E-state index contributed by atoms with van der Waals surface area (Å²) in [4.78, 5) is 11.1. The molecule has 0 radical (unpaired) electrons. The molecule has 0 bridgehead atoms. The van der Waals surface area contributed by atoms with Gasteiger partial charge in [0.2, 0.25) is 5.91 Å². The average Bonchev–Trinajstić information content (AvgIpc) is 2.77. The largest absolute Gasteiger partial charge is 0.411 e. The highest BCUT2D eigenvalue weighted by molar-refractivity contribution is 7.07. The first-order valence-corrected chi connectivity index (χ1v) is 5.94. The van der Waals surface area contributed by atoms with Gasteiger partial charge in [-0.05, 0) is 22.4 Å². The molecule has 1 unspecified atom stereocenters. The second-order valence-corrected chi connectivity index (χ2v) is 4.26. The molecule has 0 aliphatic heterocycles. The van der Waals surface area contributed by atoms with Gasteiger partial charge in [0.1, 0.15) is 13.2 Å². The minimum absolute atomic E-state index is 0.0645. The van der Waals surface area contributed by atoms with Crippen molar-refractivity contribution in [2.24, 2.45) is 0 Å². The fourth-order valence-corrected chi connectivity index (χ4v) is 1.81. The third-order valence-corrected chi connectivity index (χ3v) is 2.62. The summed E-state index contributed by atoms with van der Waals surface area (Å²) in [5, 5.41) is 15.4. The van der Waals surface area contributed by atoms with Crippen LogP contribution in [0.4, 0.5) is 13.2 Å². The molecule has 0 aromatic carbocycles. The molecule has 1 aromatic rings. The van der Waals surface area contributed by atoms with Crippen molar-refractivity contribution in [1.29, 1.82) is 0 Å². The maximum atomic E-state index is 11.7. The Kier molecular flexibility index (Phi) is 5.57. The number of hydrogen-bond acceptors (Lipinski definition) is 4. The topological polar surface area (TPSA) is 58.6 Å². The van der Waals surface area contributed by atoms with E-state index in [0.717, 1.165) is 0 Å². The SMILES string of the molecule is O=C(COCC(F)(F)F)NCC(O)c1ccsc1. The molecule has 1 rings (SSSR count). The van der Waals surface area contributed by atoms with Gasteiger partial charge in [-0.1, -0.05) is 0 Å².